The van der Waals surface area contributed by atoms with Crippen LogP contribution in [0.2, 0.25) is 0 Å². The van der Waals surface area contributed by atoms with Crippen molar-refractivity contribution in [1.29, 1.82) is 0 Å². The maximum absolute atomic E-state index is 4.69. The molecule has 15 heavy (non-hydrogen) atoms. The summed E-state index contributed by atoms with van der Waals surface area (Å²) in [7, 11) is 0. The highest BCUT2D eigenvalue weighted by molar-refractivity contribution is 9.10. The normalized spacial score (nSPS) is 16.9. The van der Waals surface area contributed by atoms with E-state index in [1.54, 1.807) is 0 Å². The average Bonchev–Trinajstić information content (AvgIpc) is 2.43. The van der Waals surface area contributed by atoms with Crippen molar-refractivity contribution in [3.8, 4) is 0 Å². The lowest BCUT2D eigenvalue weighted by molar-refractivity contribution is 0.411. The van der Waals surface area contributed by atoms with Gasteiger partial charge in [-0.05, 0) is 47.3 Å². The zero-order valence-corrected chi connectivity index (χ0v) is 10.3. The summed E-state index contributed by atoms with van der Waals surface area (Å²) in [5, 5.41) is 0. The Labute approximate surface area is 97.5 Å². The Kier molecular flexibility index (Phi) is 2.09. The van der Waals surface area contributed by atoms with Gasteiger partial charge in [0.1, 0.15) is 10.3 Å². The van der Waals surface area contributed by atoms with Crippen molar-refractivity contribution in [2.45, 2.75) is 32.1 Å². The number of aromatic nitrogens is 2. The molecule has 1 aliphatic rings. The molecule has 0 amide bonds. The Morgan fingerprint density at radius 1 is 1.40 bits per heavy atom. The molecule has 0 atom stereocenters. The minimum absolute atomic E-state index is 0.680. The van der Waals surface area contributed by atoms with Crippen LogP contribution in [-0.4, -0.2) is 9.38 Å². The molecule has 2 heterocycles. The van der Waals surface area contributed by atoms with E-state index >= 15 is 0 Å². The van der Waals surface area contributed by atoms with Gasteiger partial charge in [0, 0.05) is 12.1 Å². The van der Waals surface area contributed by atoms with Crippen molar-refractivity contribution in [2.24, 2.45) is 0 Å². The van der Waals surface area contributed by atoms with Crippen molar-refractivity contribution >= 4 is 21.6 Å². The Balaban J connectivity index is 2.19. The van der Waals surface area contributed by atoms with Gasteiger partial charge >= 0.3 is 0 Å². The molecule has 2 nitrogen and oxygen atoms in total. The van der Waals surface area contributed by atoms with E-state index in [0.29, 0.717) is 5.92 Å². The fraction of sp³-hybridized carbons (Fsp3) is 0.417. The van der Waals surface area contributed by atoms with E-state index in [4.69, 9.17) is 4.98 Å². The standard InChI is InChI=1S/C12H13BrN2/c1-8-5-6-10-14-11(9-3-2-4-9)12(13)15(10)7-8/h5-7,9H,2-4H2,1H3. The SMILES string of the molecule is Cc1ccc2nc(C3CCC3)c(Br)n2c1. The number of hydrogen-bond acceptors (Lipinski definition) is 1. The molecule has 0 bridgehead atoms. The molecule has 2 aromatic rings. The van der Waals surface area contributed by atoms with E-state index in [1.165, 1.54) is 30.5 Å². The number of rotatable bonds is 1. The zero-order valence-electron chi connectivity index (χ0n) is 8.70. The van der Waals surface area contributed by atoms with E-state index in [-0.39, 0.29) is 0 Å². The zero-order chi connectivity index (χ0) is 10.4. The fourth-order valence-corrected chi connectivity index (χ4v) is 2.78. The van der Waals surface area contributed by atoms with Gasteiger partial charge in [-0.15, -0.1) is 0 Å². The molecular weight excluding hydrogens is 252 g/mol. The maximum atomic E-state index is 4.69. The number of pyridine rings is 1. The summed E-state index contributed by atoms with van der Waals surface area (Å²) in [6.07, 6.45) is 6.07. The van der Waals surface area contributed by atoms with Crippen LogP contribution in [-0.2, 0) is 0 Å². The first-order valence-corrected chi connectivity index (χ1v) is 6.19. The molecule has 3 heteroatoms. The van der Waals surface area contributed by atoms with E-state index in [0.717, 1.165) is 10.3 Å². The number of fused-ring (bicyclic) bond motifs is 1. The molecule has 0 spiro atoms. The van der Waals surface area contributed by atoms with Gasteiger partial charge in [-0.3, -0.25) is 4.40 Å². The molecule has 2 aromatic heterocycles. The van der Waals surface area contributed by atoms with Crippen LogP contribution in [0.3, 0.4) is 0 Å². The highest BCUT2D eigenvalue weighted by atomic mass is 79.9. The second-order valence-electron chi connectivity index (χ2n) is 4.35. The molecule has 0 aliphatic heterocycles. The summed E-state index contributed by atoms with van der Waals surface area (Å²) < 4.78 is 3.29. The number of imidazole rings is 1. The topological polar surface area (TPSA) is 17.3 Å². The number of nitrogens with zero attached hydrogens (tertiary/aromatic N) is 2. The molecule has 78 valence electrons. The minimum atomic E-state index is 0.680. The van der Waals surface area contributed by atoms with Gasteiger partial charge in [0.25, 0.3) is 0 Å². The molecule has 0 N–H and O–H groups in total. The van der Waals surface area contributed by atoms with Gasteiger partial charge in [-0.2, -0.15) is 0 Å². The molecule has 0 unspecified atom stereocenters. The average molecular weight is 265 g/mol. The molecular formula is C12H13BrN2. The first kappa shape index (κ1) is 9.40. The largest absolute Gasteiger partial charge is 0.294 e. The molecule has 1 fully saturated rings. The Morgan fingerprint density at radius 2 is 2.20 bits per heavy atom. The Bertz CT molecular complexity index is 512. The lowest BCUT2D eigenvalue weighted by Gasteiger charge is -2.23. The summed E-state index contributed by atoms with van der Waals surface area (Å²) in [4.78, 5) is 4.69. The molecule has 3 rings (SSSR count). The van der Waals surface area contributed by atoms with Crippen molar-refractivity contribution in [3.05, 3.63) is 34.2 Å². The highest BCUT2D eigenvalue weighted by Gasteiger charge is 2.25. The van der Waals surface area contributed by atoms with Gasteiger partial charge < -0.3 is 0 Å². The van der Waals surface area contributed by atoms with Gasteiger partial charge in [-0.25, -0.2) is 4.98 Å². The third kappa shape index (κ3) is 1.41. The quantitative estimate of drug-likeness (QED) is 0.769. The van der Waals surface area contributed by atoms with Crippen LogP contribution in [0.1, 0.15) is 36.4 Å². The minimum Gasteiger partial charge on any atom is -0.294 e. The number of hydrogen-bond donors (Lipinski definition) is 0. The van der Waals surface area contributed by atoms with Gasteiger partial charge in [0.05, 0.1) is 5.69 Å². The van der Waals surface area contributed by atoms with E-state index in [2.05, 4.69) is 45.6 Å². The van der Waals surface area contributed by atoms with Crippen LogP contribution in [0.5, 0.6) is 0 Å². The van der Waals surface area contributed by atoms with E-state index in [1.807, 2.05) is 0 Å². The first-order valence-electron chi connectivity index (χ1n) is 5.40. The lowest BCUT2D eigenvalue weighted by atomic mass is 9.83. The van der Waals surface area contributed by atoms with Crippen LogP contribution in [0.15, 0.2) is 22.9 Å². The van der Waals surface area contributed by atoms with Crippen LogP contribution in [0.4, 0.5) is 0 Å². The van der Waals surface area contributed by atoms with E-state index in [9.17, 15) is 0 Å². The van der Waals surface area contributed by atoms with Crippen molar-refractivity contribution < 1.29 is 0 Å². The van der Waals surface area contributed by atoms with Gasteiger partial charge in [0.15, 0.2) is 0 Å². The van der Waals surface area contributed by atoms with Gasteiger partial charge in [0.2, 0.25) is 0 Å². The number of halogens is 1. The monoisotopic (exact) mass is 264 g/mol. The fourth-order valence-electron chi connectivity index (χ4n) is 2.08. The number of aryl methyl sites for hydroxylation is 1. The molecule has 0 radical (unpaired) electrons. The molecule has 1 saturated carbocycles. The lowest BCUT2D eigenvalue weighted by Crippen LogP contribution is -2.09. The first-order chi connectivity index (χ1) is 7.25. The van der Waals surface area contributed by atoms with E-state index < -0.39 is 0 Å². The van der Waals surface area contributed by atoms with Crippen molar-refractivity contribution in [3.63, 3.8) is 0 Å². The molecule has 1 aliphatic carbocycles. The third-order valence-electron chi connectivity index (χ3n) is 3.22. The Morgan fingerprint density at radius 3 is 2.87 bits per heavy atom. The summed E-state index contributed by atoms with van der Waals surface area (Å²) >= 11 is 3.66. The van der Waals surface area contributed by atoms with Gasteiger partial charge in [-0.1, -0.05) is 12.5 Å². The summed E-state index contributed by atoms with van der Waals surface area (Å²) in [5.74, 6) is 0.680. The second kappa shape index (κ2) is 3.34. The third-order valence-corrected chi connectivity index (χ3v) is 4.01. The van der Waals surface area contributed by atoms with Crippen LogP contribution in [0.25, 0.3) is 5.65 Å². The summed E-state index contributed by atoms with van der Waals surface area (Å²) in [5.41, 5.74) is 3.56. The van der Waals surface area contributed by atoms with Crippen molar-refractivity contribution in [1.82, 2.24) is 9.38 Å². The van der Waals surface area contributed by atoms with Crippen LogP contribution < -0.4 is 0 Å². The predicted octanol–water partition coefficient (Wildman–Crippen LogP) is 3.67. The summed E-state index contributed by atoms with van der Waals surface area (Å²) in [6.45, 7) is 2.11. The van der Waals surface area contributed by atoms with Crippen LogP contribution in [0, 0.1) is 6.92 Å². The molecule has 0 saturated heterocycles. The highest BCUT2D eigenvalue weighted by Crippen LogP contribution is 2.39. The maximum Gasteiger partial charge on any atom is 0.137 e. The summed E-state index contributed by atoms with van der Waals surface area (Å²) in [6, 6.07) is 4.20. The predicted molar refractivity (Wildman–Crippen MR) is 64.2 cm³/mol. The Hall–Kier alpha value is -0.830. The van der Waals surface area contributed by atoms with Crippen molar-refractivity contribution in [2.75, 3.05) is 0 Å². The second-order valence-corrected chi connectivity index (χ2v) is 5.10. The smallest absolute Gasteiger partial charge is 0.137 e. The molecule has 0 aromatic carbocycles. The van der Waals surface area contributed by atoms with Crippen LogP contribution >= 0.6 is 15.9 Å².